The van der Waals surface area contributed by atoms with Gasteiger partial charge in [0, 0.05) is 29.2 Å². The van der Waals surface area contributed by atoms with Crippen LogP contribution in [0, 0.1) is 32.4 Å². The Bertz CT molecular complexity index is 1300. The third-order valence-corrected chi connectivity index (χ3v) is 4.75. The molecule has 33 heavy (non-hydrogen) atoms. The molecule has 2 amide bonds. The molecule has 168 valence electrons. The van der Waals surface area contributed by atoms with Crippen LogP contribution in [-0.4, -0.2) is 25.6 Å². The van der Waals surface area contributed by atoms with Crippen LogP contribution in [0.1, 0.15) is 17.2 Å². The van der Waals surface area contributed by atoms with Crippen LogP contribution in [0.25, 0.3) is 5.82 Å². The number of hydrogen-bond donors (Lipinski definition) is 2. The Balaban J connectivity index is 1.43. The highest BCUT2D eigenvalue weighted by Crippen LogP contribution is 2.24. The summed E-state index contributed by atoms with van der Waals surface area (Å²) in [5.74, 6) is 0.462. The Morgan fingerprint density at radius 1 is 0.909 bits per heavy atom. The zero-order valence-corrected chi connectivity index (χ0v) is 18.1. The Morgan fingerprint density at radius 2 is 1.58 bits per heavy atom. The van der Waals surface area contributed by atoms with Crippen molar-refractivity contribution >= 4 is 17.4 Å². The maximum Gasteiger partial charge on any atom is 0.323 e. The van der Waals surface area contributed by atoms with Gasteiger partial charge >= 0.3 is 6.03 Å². The number of imidazole rings is 1. The molecule has 4 aromatic rings. The van der Waals surface area contributed by atoms with Gasteiger partial charge in [-0.05, 0) is 57.2 Å². The van der Waals surface area contributed by atoms with Crippen LogP contribution in [0.15, 0.2) is 54.9 Å². The van der Waals surface area contributed by atoms with E-state index in [1.807, 2.05) is 18.4 Å². The van der Waals surface area contributed by atoms with Crippen molar-refractivity contribution in [3.8, 4) is 17.4 Å². The molecule has 0 aliphatic carbocycles. The lowest BCUT2D eigenvalue weighted by Crippen LogP contribution is -2.19. The first-order chi connectivity index (χ1) is 15.8. The summed E-state index contributed by atoms with van der Waals surface area (Å²) in [6, 6.07) is 10.4. The first kappa shape index (κ1) is 21.9. The van der Waals surface area contributed by atoms with Crippen molar-refractivity contribution in [1.82, 2.24) is 19.5 Å². The maximum absolute atomic E-state index is 13.3. The molecule has 10 heteroatoms. The van der Waals surface area contributed by atoms with Gasteiger partial charge in [0.1, 0.15) is 35.4 Å². The molecule has 0 radical (unpaired) electrons. The molecule has 0 spiro atoms. The number of urea groups is 1. The Labute approximate surface area is 188 Å². The van der Waals surface area contributed by atoms with Crippen LogP contribution in [0.3, 0.4) is 0 Å². The number of carbonyl (C=O) groups is 1. The highest BCUT2D eigenvalue weighted by Gasteiger charge is 2.11. The summed E-state index contributed by atoms with van der Waals surface area (Å²) in [4.78, 5) is 25.1. The lowest BCUT2D eigenvalue weighted by molar-refractivity contribution is 0.262. The van der Waals surface area contributed by atoms with E-state index in [-0.39, 0.29) is 5.69 Å². The fraction of sp³-hybridized carbons (Fsp3) is 0.130. The predicted molar refractivity (Wildman–Crippen MR) is 119 cm³/mol. The minimum absolute atomic E-state index is 0.00297. The number of nitrogens with one attached hydrogen (secondary N) is 2. The Morgan fingerprint density at radius 3 is 2.21 bits per heavy atom. The number of anilines is 2. The number of ether oxygens (including phenoxy) is 1. The molecule has 0 aliphatic heterocycles. The third kappa shape index (κ3) is 5.29. The van der Waals surface area contributed by atoms with Gasteiger partial charge in [0.05, 0.1) is 5.69 Å². The van der Waals surface area contributed by atoms with E-state index in [4.69, 9.17) is 4.74 Å². The second-order valence-electron chi connectivity index (χ2n) is 7.26. The van der Waals surface area contributed by atoms with Crippen molar-refractivity contribution in [2.75, 3.05) is 10.6 Å². The molecule has 0 unspecified atom stereocenters. The lowest BCUT2D eigenvalue weighted by atomic mass is 10.3. The van der Waals surface area contributed by atoms with Gasteiger partial charge in [-0.15, -0.1) is 0 Å². The number of hydrogen-bond acceptors (Lipinski definition) is 5. The Hall–Kier alpha value is -4.34. The van der Waals surface area contributed by atoms with Gasteiger partial charge in [-0.2, -0.15) is 4.98 Å². The van der Waals surface area contributed by atoms with Gasteiger partial charge in [0.15, 0.2) is 0 Å². The van der Waals surface area contributed by atoms with Crippen LogP contribution in [-0.2, 0) is 0 Å². The molecular formula is C23H20F2N6O2. The monoisotopic (exact) mass is 450 g/mol. The number of benzene rings is 2. The van der Waals surface area contributed by atoms with Crippen molar-refractivity contribution in [2.45, 2.75) is 20.8 Å². The average Bonchev–Trinajstić information content (AvgIpc) is 3.07. The van der Waals surface area contributed by atoms with Crippen LogP contribution >= 0.6 is 0 Å². The highest BCUT2D eigenvalue weighted by molar-refractivity contribution is 5.99. The van der Waals surface area contributed by atoms with Crippen LogP contribution < -0.4 is 15.4 Å². The van der Waals surface area contributed by atoms with Gasteiger partial charge in [0.25, 0.3) is 0 Å². The quantitative estimate of drug-likeness (QED) is 0.430. The minimum atomic E-state index is -0.784. The van der Waals surface area contributed by atoms with Gasteiger partial charge in [-0.3, -0.25) is 4.57 Å². The van der Waals surface area contributed by atoms with E-state index in [1.165, 1.54) is 0 Å². The van der Waals surface area contributed by atoms with E-state index < -0.39 is 17.7 Å². The smallest absolute Gasteiger partial charge is 0.323 e. The molecule has 0 saturated heterocycles. The number of nitrogens with zero attached hydrogens (tertiary/aromatic N) is 4. The second-order valence-corrected chi connectivity index (χ2v) is 7.26. The molecule has 2 aromatic heterocycles. The molecule has 0 bridgehead atoms. The first-order valence-corrected chi connectivity index (χ1v) is 9.95. The van der Waals surface area contributed by atoms with Gasteiger partial charge < -0.3 is 15.4 Å². The van der Waals surface area contributed by atoms with Gasteiger partial charge in [-0.25, -0.2) is 23.5 Å². The molecule has 2 heterocycles. The highest BCUT2D eigenvalue weighted by atomic mass is 19.1. The summed E-state index contributed by atoms with van der Waals surface area (Å²) in [5, 5.41) is 4.96. The van der Waals surface area contributed by atoms with Gasteiger partial charge in [-0.1, -0.05) is 0 Å². The first-order valence-electron chi connectivity index (χ1n) is 9.95. The molecule has 8 nitrogen and oxygen atoms in total. The lowest BCUT2D eigenvalue weighted by Gasteiger charge is -2.11. The number of aryl methyl sites for hydroxylation is 2. The van der Waals surface area contributed by atoms with E-state index in [0.29, 0.717) is 29.0 Å². The zero-order chi connectivity index (χ0) is 23.5. The van der Waals surface area contributed by atoms with Crippen molar-refractivity contribution in [3.63, 3.8) is 0 Å². The summed E-state index contributed by atoms with van der Waals surface area (Å²) < 4.78 is 34.2. The predicted octanol–water partition coefficient (Wildman–Crippen LogP) is 5.30. The standard InChI is InChI=1S/C23H20F2N6O2/c1-13-14(2)31(12-26-13)21-11-22(28-15(3)27-21)33-20-6-4-18(5-7-20)29-23(32)30-19-9-16(24)8-17(25)10-19/h4-12H,1-3H3,(H2,29,30,32). The topological polar surface area (TPSA) is 94.0 Å². The van der Waals surface area contributed by atoms with Crippen molar-refractivity contribution < 1.29 is 18.3 Å². The van der Waals surface area contributed by atoms with E-state index >= 15 is 0 Å². The van der Waals surface area contributed by atoms with Crippen molar-refractivity contribution in [3.05, 3.63) is 83.7 Å². The summed E-state index contributed by atoms with van der Waals surface area (Å²) in [5.41, 5.74) is 2.33. The molecule has 4 rings (SSSR count). The van der Waals surface area contributed by atoms with Crippen molar-refractivity contribution in [2.24, 2.45) is 0 Å². The molecule has 2 aromatic carbocycles. The zero-order valence-electron chi connectivity index (χ0n) is 18.1. The van der Waals surface area contributed by atoms with E-state index in [9.17, 15) is 13.6 Å². The SMILES string of the molecule is Cc1nc(Oc2ccc(NC(=O)Nc3cc(F)cc(F)c3)cc2)cc(-n2cnc(C)c2C)n1. The maximum atomic E-state index is 13.3. The van der Waals surface area contributed by atoms with Crippen LogP contribution in [0.5, 0.6) is 11.6 Å². The molecule has 0 fully saturated rings. The van der Waals surface area contributed by atoms with E-state index in [1.54, 1.807) is 43.6 Å². The number of aromatic nitrogens is 4. The molecule has 0 atom stereocenters. The van der Waals surface area contributed by atoms with E-state index in [2.05, 4.69) is 25.6 Å². The summed E-state index contributed by atoms with van der Waals surface area (Å²) >= 11 is 0. The fourth-order valence-corrected chi connectivity index (χ4v) is 3.08. The molecule has 0 saturated carbocycles. The minimum Gasteiger partial charge on any atom is -0.439 e. The largest absolute Gasteiger partial charge is 0.439 e. The fourth-order valence-electron chi connectivity index (χ4n) is 3.08. The average molecular weight is 450 g/mol. The summed E-state index contributed by atoms with van der Waals surface area (Å²) in [7, 11) is 0. The molecule has 0 aliphatic rings. The number of carbonyl (C=O) groups excluding carboxylic acids is 1. The van der Waals surface area contributed by atoms with Crippen LogP contribution in [0.2, 0.25) is 0 Å². The normalized spacial score (nSPS) is 10.7. The number of amides is 2. The van der Waals surface area contributed by atoms with E-state index in [0.717, 1.165) is 29.6 Å². The van der Waals surface area contributed by atoms with Gasteiger partial charge in [0.2, 0.25) is 5.88 Å². The second kappa shape index (κ2) is 9.03. The Kier molecular flexibility index (Phi) is 5.99. The summed E-state index contributed by atoms with van der Waals surface area (Å²) in [6.07, 6.45) is 1.69. The van der Waals surface area contributed by atoms with Crippen LogP contribution in [0.4, 0.5) is 25.0 Å². The number of rotatable bonds is 5. The summed E-state index contributed by atoms with van der Waals surface area (Å²) in [6.45, 7) is 5.64. The molecular weight excluding hydrogens is 430 g/mol. The third-order valence-electron chi connectivity index (χ3n) is 4.75. The number of halogens is 2. The van der Waals surface area contributed by atoms with Crippen molar-refractivity contribution in [1.29, 1.82) is 0 Å². The molecule has 2 N–H and O–H groups in total.